The maximum absolute atomic E-state index is 14.0. The van der Waals surface area contributed by atoms with E-state index in [2.05, 4.69) is 5.32 Å². The molecule has 3 rings (SSSR count). The number of nitrogens with zero attached hydrogens (tertiary/aromatic N) is 2. The predicted octanol–water partition coefficient (Wildman–Crippen LogP) is 5.19. The molecule has 0 heterocycles. The second kappa shape index (κ2) is 14.2. The molecule has 3 aromatic carbocycles. The van der Waals surface area contributed by atoms with Gasteiger partial charge in [0.1, 0.15) is 18.3 Å². The molecule has 8 nitrogen and oxygen atoms in total. The van der Waals surface area contributed by atoms with Crippen LogP contribution < -0.4 is 14.4 Å². The summed E-state index contributed by atoms with van der Waals surface area (Å²) in [6, 6.07) is 19.1. The van der Waals surface area contributed by atoms with E-state index < -0.39 is 28.5 Å². The van der Waals surface area contributed by atoms with Crippen LogP contribution in [0, 0.1) is 6.92 Å². The Morgan fingerprint density at radius 1 is 1.02 bits per heavy atom. The molecule has 0 fully saturated rings. The molecule has 1 N–H and O–H groups in total. The molecule has 0 saturated heterocycles. The van der Waals surface area contributed by atoms with Crippen molar-refractivity contribution in [3.8, 4) is 5.75 Å². The van der Waals surface area contributed by atoms with Gasteiger partial charge in [0.15, 0.2) is 0 Å². The lowest BCUT2D eigenvalue weighted by molar-refractivity contribution is -0.139. The Kier molecular flexibility index (Phi) is 11.0. The van der Waals surface area contributed by atoms with E-state index in [9.17, 15) is 18.0 Å². The van der Waals surface area contributed by atoms with E-state index >= 15 is 0 Å². The first kappa shape index (κ1) is 31.0. The third kappa shape index (κ3) is 7.76. The average molecular weight is 586 g/mol. The van der Waals surface area contributed by atoms with E-state index in [0.29, 0.717) is 22.9 Å². The average Bonchev–Trinajstić information content (AvgIpc) is 2.96. The minimum atomic E-state index is -4.16. The number of amides is 2. The van der Waals surface area contributed by atoms with Gasteiger partial charge < -0.3 is 15.0 Å². The van der Waals surface area contributed by atoms with Crippen LogP contribution >= 0.6 is 11.6 Å². The van der Waals surface area contributed by atoms with E-state index in [0.717, 1.165) is 22.7 Å². The fourth-order valence-electron chi connectivity index (χ4n) is 4.17. The Morgan fingerprint density at radius 3 is 2.42 bits per heavy atom. The van der Waals surface area contributed by atoms with Crippen LogP contribution in [0.4, 0.5) is 5.69 Å². The number of unbranched alkanes of at least 4 members (excludes halogenated alkanes) is 1. The molecule has 0 aliphatic carbocycles. The third-order valence-corrected chi connectivity index (χ3v) is 8.54. The zero-order chi connectivity index (χ0) is 29.3. The van der Waals surface area contributed by atoms with E-state index in [1.165, 1.54) is 23.1 Å². The summed E-state index contributed by atoms with van der Waals surface area (Å²) in [5.74, 6) is -0.256. The molecule has 214 valence electrons. The summed E-state index contributed by atoms with van der Waals surface area (Å²) >= 11 is 6.26. The first-order valence-corrected chi connectivity index (χ1v) is 14.9. The minimum absolute atomic E-state index is 0.0341. The van der Waals surface area contributed by atoms with Gasteiger partial charge in [-0.2, -0.15) is 0 Å². The lowest BCUT2D eigenvalue weighted by Gasteiger charge is -2.32. The second-order valence-corrected chi connectivity index (χ2v) is 11.7. The number of sulfonamides is 1. The van der Waals surface area contributed by atoms with Crippen LogP contribution in [0.5, 0.6) is 5.75 Å². The fourth-order valence-corrected chi connectivity index (χ4v) is 5.83. The second-order valence-electron chi connectivity index (χ2n) is 9.45. The quantitative estimate of drug-likeness (QED) is 0.279. The number of carbonyl (C=O) groups excluding carboxylic acids is 2. The van der Waals surface area contributed by atoms with Gasteiger partial charge in [-0.15, -0.1) is 0 Å². The number of nitrogens with one attached hydrogen (secondary N) is 1. The van der Waals surface area contributed by atoms with Gasteiger partial charge in [0.25, 0.3) is 10.0 Å². The molecule has 0 unspecified atom stereocenters. The molecule has 0 bridgehead atoms. The molecule has 0 spiro atoms. The number of carbonyl (C=O) groups is 2. The highest BCUT2D eigenvalue weighted by molar-refractivity contribution is 7.92. The molecule has 1 atom stereocenters. The summed E-state index contributed by atoms with van der Waals surface area (Å²) in [6.07, 6.45) is 1.71. The molecule has 0 aliphatic rings. The van der Waals surface area contributed by atoms with E-state index in [1.54, 1.807) is 69.5 Å². The van der Waals surface area contributed by atoms with Crippen LogP contribution in [0.2, 0.25) is 5.02 Å². The number of hydrogen-bond acceptors (Lipinski definition) is 5. The number of rotatable bonds is 13. The van der Waals surface area contributed by atoms with E-state index in [-0.39, 0.29) is 23.0 Å². The summed E-state index contributed by atoms with van der Waals surface area (Å²) in [5, 5.41) is 3.21. The first-order chi connectivity index (χ1) is 19.1. The monoisotopic (exact) mass is 585 g/mol. The number of anilines is 1. The van der Waals surface area contributed by atoms with Crippen molar-refractivity contribution in [3.63, 3.8) is 0 Å². The topological polar surface area (TPSA) is 96.0 Å². The lowest BCUT2D eigenvalue weighted by atomic mass is 10.1. The van der Waals surface area contributed by atoms with Crippen molar-refractivity contribution in [3.05, 3.63) is 88.9 Å². The molecule has 3 aromatic rings. The molecular formula is C30H36ClN3O5S. The molecular weight excluding hydrogens is 550 g/mol. The van der Waals surface area contributed by atoms with Crippen LogP contribution in [-0.2, 0) is 26.2 Å². The SMILES string of the molecule is CCCCNC(=O)[C@H](C)N(Cc1cccc(OC)c1)C(=O)CN(c1cc(Cl)ccc1C)S(=O)(=O)c1ccccc1. The van der Waals surface area contributed by atoms with Crippen molar-refractivity contribution in [2.75, 3.05) is 24.5 Å². The Balaban J connectivity index is 2.04. The largest absolute Gasteiger partial charge is 0.497 e. The highest BCUT2D eigenvalue weighted by atomic mass is 35.5. The number of ether oxygens (including phenoxy) is 1. The molecule has 0 radical (unpaired) electrons. The van der Waals surface area contributed by atoms with Gasteiger partial charge in [0, 0.05) is 18.1 Å². The van der Waals surface area contributed by atoms with Crippen molar-refractivity contribution in [2.24, 2.45) is 0 Å². The number of methoxy groups -OCH3 is 1. The van der Waals surface area contributed by atoms with Gasteiger partial charge in [0.05, 0.1) is 17.7 Å². The minimum Gasteiger partial charge on any atom is -0.497 e. The maximum atomic E-state index is 14.0. The Bertz CT molecular complexity index is 1420. The van der Waals surface area contributed by atoms with Crippen molar-refractivity contribution < 1.29 is 22.7 Å². The molecule has 2 amide bonds. The lowest BCUT2D eigenvalue weighted by Crippen LogP contribution is -2.51. The van der Waals surface area contributed by atoms with Crippen molar-refractivity contribution in [1.82, 2.24) is 10.2 Å². The summed E-state index contributed by atoms with van der Waals surface area (Å²) in [7, 11) is -2.62. The van der Waals surface area contributed by atoms with Gasteiger partial charge in [0.2, 0.25) is 11.8 Å². The maximum Gasteiger partial charge on any atom is 0.264 e. The van der Waals surface area contributed by atoms with Crippen LogP contribution in [0.3, 0.4) is 0 Å². The Labute approximate surface area is 241 Å². The number of hydrogen-bond donors (Lipinski definition) is 1. The smallest absolute Gasteiger partial charge is 0.264 e. The van der Waals surface area contributed by atoms with Crippen LogP contribution in [-0.4, -0.2) is 51.4 Å². The van der Waals surface area contributed by atoms with Gasteiger partial charge in [-0.25, -0.2) is 8.42 Å². The zero-order valence-electron chi connectivity index (χ0n) is 23.3. The third-order valence-electron chi connectivity index (χ3n) is 6.53. The van der Waals surface area contributed by atoms with Crippen LogP contribution in [0.1, 0.15) is 37.8 Å². The zero-order valence-corrected chi connectivity index (χ0v) is 24.8. The Hall–Kier alpha value is -3.56. The summed E-state index contributed by atoms with van der Waals surface area (Å²) < 4.78 is 34.2. The highest BCUT2D eigenvalue weighted by Gasteiger charge is 2.33. The molecule has 40 heavy (non-hydrogen) atoms. The van der Waals surface area contributed by atoms with E-state index in [1.807, 2.05) is 13.0 Å². The first-order valence-electron chi connectivity index (χ1n) is 13.1. The summed E-state index contributed by atoms with van der Waals surface area (Å²) in [6.45, 7) is 5.44. The number of aryl methyl sites for hydroxylation is 1. The van der Waals surface area contributed by atoms with Gasteiger partial charge in [-0.1, -0.05) is 61.3 Å². The fraction of sp³-hybridized carbons (Fsp3) is 0.333. The molecule has 0 aromatic heterocycles. The molecule has 10 heteroatoms. The molecule has 0 aliphatic heterocycles. The Morgan fingerprint density at radius 2 is 1.75 bits per heavy atom. The summed E-state index contributed by atoms with van der Waals surface area (Å²) in [5.41, 5.74) is 1.64. The van der Waals surface area contributed by atoms with Crippen molar-refractivity contribution in [2.45, 2.75) is 51.1 Å². The van der Waals surface area contributed by atoms with Gasteiger partial charge in [-0.05, 0) is 67.8 Å². The van der Waals surface area contributed by atoms with E-state index in [4.69, 9.17) is 16.3 Å². The molecule has 0 saturated carbocycles. The van der Waals surface area contributed by atoms with Gasteiger partial charge >= 0.3 is 0 Å². The van der Waals surface area contributed by atoms with Gasteiger partial charge in [-0.3, -0.25) is 13.9 Å². The number of halogens is 1. The van der Waals surface area contributed by atoms with Crippen molar-refractivity contribution >= 4 is 39.1 Å². The highest BCUT2D eigenvalue weighted by Crippen LogP contribution is 2.30. The normalized spacial score (nSPS) is 11.9. The van der Waals surface area contributed by atoms with Crippen molar-refractivity contribution in [1.29, 1.82) is 0 Å². The number of benzene rings is 3. The summed E-state index contributed by atoms with van der Waals surface area (Å²) in [4.78, 5) is 28.5. The predicted molar refractivity (Wildman–Crippen MR) is 158 cm³/mol. The van der Waals surface area contributed by atoms with Crippen LogP contribution in [0.25, 0.3) is 0 Å². The van der Waals surface area contributed by atoms with Crippen LogP contribution in [0.15, 0.2) is 77.7 Å². The standard InChI is InChI=1S/C30H36ClN3O5S/c1-5-6-17-32-30(36)23(3)33(20-24-11-10-12-26(18-24)39-4)29(35)21-34(28-19-25(31)16-15-22(28)2)40(37,38)27-13-8-7-9-14-27/h7-16,18-19,23H,5-6,17,20-21H2,1-4H3,(H,32,36)/t23-/m0/s1.